The monoisotopic (exact) mass is 421 g/mol. The van der Waals surface area contributed by atoms with E-state index in [0.29, 0.717) is 35.1 Å². The molecule has 0 N–H and O–H groups in total. The van der Waals surface area contributed by atoms with Crippen molar-refractivity contribution in [1.82, 2.24) is 9.91 Å². The number of urea groups is 1. The number of benzene rings is 2. The standard InChI is InChI=1S/C20H15Cl2F2N3O/c21-15-2-1-13(18(22)8-15)5-12-10-26(11-12)20(28)27-19(3-4-25-27)14-6-16(23)9-17(24)7-14/h1-2,4-9,19H,3,10-11H2. The first kappa shape index (κ1) is 18.9. The fourth-order valence-corrected chi connectivity index (χ4v) is 3.76. The van der Waals surface area contributed by atoms with Crippen molar-refractivity contribution < 1.29 is 13.6 Å². The quantitative estimate of drug-likeness (QED) is 0.628. The molecule has 0 bridgehead atoms. The Morgan fingerprint density at radius 2 is 1.82 bits per heavy atom. The van der Waals surface area contributed by atoms with Gasteiger partial charge in [-0.2, -0.15) is 5.10 Å². The first-order valence-corrected chi connectivity index (χ1v) is 9.37. The topological polar surface area (TPSA) is 35.9 Å². The zero-order chi connectivity index (χ0) is 19.8. The third kappa shape index (κ3) is 3.75. The fraction of sp³-hybridized carbons (Fsp3) is 0.200. The van der Waals surface area contributed by atoms with Gasteiger partial charge in [0, 0.05) is 41.8 Å². The molecule has 2 aromatic rings. The van der Waals surface area contributed by atoms with Crippen molar-refractivity contribution in [3.63, 3.8) is 0 Å². The van der Waals surface area contributed by atoms with Crippen molar-refractivity contribution in [3.05, 3.63) is 74.8 Å². The van der Waals surface area contributed by atoms with Crippen LogP contribution in [0.15, 0.2) is 47.1 Å². The molecule has 4 rings (SSSR count). The molecule has 2 aromatic carbocycles. The second kappa shape index (κ2) is 7.53. The Morgan fingerprint density at radius 3 is 2.50 bits per heavy atom. The van der Waals surface area contributed by atoms with E-state index in [0.717, 1.165) is 17.2 Å². The summed E-state index contributed by atoms with van der Waals surface area (Å²) in [5.41, 5.74) is 2.25. The van der Waals surface area contributed by atoms with Gasteiger partial charge in [-0.05, 0) is 41.0 Å². The highest BCUT2D eigenvalue weighted by Gasteiger charge is 2.35. The molecule has 2 heterocycles. The number of amides is 2. The lowest BCUT2D eigenvalue weighted by atomic mass is 10.0. The Labute approximate surface area is 170 Å². The molecule has 0 saturated carbocycles. The molecule has 0 spiro atoms. The molecule has 2 aliphatic rings. The van der Waals surface area contributed by atoms with E-state index in [2.05, 4.69) is 5.10 Å². The molecule has 2 aliphatic heterocycles. The zero-order valence-electron chi connectivity index (χ0n) is 14.6. The van der Waals surface area contributed by atoms with Crippen LogP contribution in [0.5, 0.6) is 0 Å². The number of nitrogens with zero attached hydrogens (tertiary/aromatic N) is 3. The van der Waals surface area contributed by atoms with Gasteiger partial charge in [0.25, 0.3) is 0 Å². The Bertz CT molecular complexity index is 981. The van der Waals surface area contributed by atoms with Crippen LogP contribution in [0.2, 0.25) is 10.0 Å². The average Bonchev–Trinajstić information content (AvgIpc) is 3.07. The third-order valence-corrected chi connectivity index (χ3v) is 5.24. The second-order valence-corrected chi connectivity index (χ2v) is 7.55. The highest BCUT2D eigenvalue weighted by molar-refractivity contribution is 6.35. The lowest BCUT2D eigenvalue weighted by Gasteiger charge is -2.37. The summed E-state index contributed by atoms with van der Waals surface area (Å²) in [5, 5.41) is 6.49. The number of halogens is 4. The summed E-state index contributed by atoms with van der Waals surface area (Å²) >= 11 is 12.1. The van der Waals surface area contributed by atoms with E-state index in [1.165, 1.54) is 17.1 Å². The van der Waals surface area contributed by atoms with Gasteiger partial charge in [0.15, 0.2) is 0 Å². The maximum absolute atomic E-state index is 13.5. The zero-order valence-corrected chi connectivity index (χ0v) is 16.1. The molecule has 0 aromatic heterocycles. The van der Waals surface area contributed by atoms with Crippen LogP contribution in [0, 0.1) is 11.6 Å². The van der Waals surface area contributed by atoms with Gasteiger partial charge < -0.3 is 4.90 Å². The van der Waals surface area contributed by atoms with Crippen LogP contribution in [0.25, 0.3) is 6.08 Å². The molecular weight excluding hydrogens is 407 g/mol. The summed E-state index contributed by atoms with van der Waals surface area (Å²) in [7, 11) is 0. The molecule has 0 radical (unpaired) electrons. The van der Waals surface area contributed by atoms with Gasteiger partial charge >= 0.3 is 6.03 Å². The molecular formula is C20H15Cl2F2N3O. The van der Waals surface area contributed by atoms with Gasteiger partial charge in [-0.1, -0.05) is 35.3 Å². The van der Waals surface area contributed by atoms with Crippen molar-refractivity contribution in [3.8, 4) is 0 Å². The number of likely N-dealkylation sites (tertiary alicyclic amines) is 1. The van der Waals surface area contributed by atoms with Crippen LogP contribution >= 0.6 is 23.2 Å². The van der Waals surface area contributed by atoms with E-state index in [1.807, 2.05) is 12.1 Å². The van der Waals surface area contributed by atoms with Crippen LogP contribution in [0.3, 0.4) is 0 Å². The van der Waals surface area contributed by atoms with Crippen LogP contribution in [0.1, 0.15) is 23.6 Å². The highest BCUT2D eigenvalue weighted by Crippen LogP contribution is 2.32. The predicted molar refractivity (Wildman–Crippen MR) is 105 cm³/mol. The Hall–Kier alpha value is -2.44. The van der Waals surface area contributed by atoms with E-state index in [1.54, 1.807) is 23.2 Å². The number of hydrogen-bond acceptors (Lipinski definition) is 2. The second-order valence-electron chi connectivity index (χ2n) is 6.70. The average molecular weight is 422 g/mol. The SMILES string of the molecule is O=C(N1CC(=Cc2ccc(Cl)cc2Cl)C1)N1N=CCC1c1cc(F)cc(F)c1. The van der Waals surface area contributed by atoms with Gasteiger partial charge in [-0.3, -0.25) is 0 Å². The van der Waals surface area contributed by atoms with Crippen molar-refractivity contribution >= 4 is 41.5 Å². The van der Waals surface area contributed by atoms with Crippen molar-refractivity contribution in [2.24, 2.45) is 5.10 Å². The number of carbonyl (C=O) groups excluding carboxylic acids is 1. The van der Waals surface area contributed by atoms with Crippen molar-refractivity contribution in [1.29, 1.82) is 0 Å². The lowest BCUT2D eigenvalue weighted by molar-refractivity contribution is 0.136. The third-order valence-electron chi connectivity index (χ3n) is 4.68. The van der Waals surface area contributed by atoms with E-state index >= 15 is 0 Å². The summed E-state index contributed by atoms with van der Waals surface area (Å²) in [6.45, 7) is 0.877. The molecule has 1 atom stereocenters. The normalized spacial score (nSPS) is 18.4. The van der Waals surface area contributed by atoms with Gasteiger partial charge in [0.05, 0.1) is 6.04 Å². The molecule has 2 amide bonds. The van der Waals surface area contributed by atoms with Crippen molar-refractivity contribution in [2.75, 3.05) is 13.1 Å². The number of carbonyl (C=O) groups is 1. The van der Waals surface area contributed by atoms with E-state index < -0.39 is 17.7 Å². The summed E-state index contributed by atoms with van der Waals surface area (Å²) in [6.07, 6.45) is 3.91. The van der Waals surface area contributed by atoms with Gasteiger partial charge in [-0.15, -0.1) is 0 Å². The Balaban J connectivity index is 1.45. The number of rotatable bonds is 2. The van der Waals surface area contributed by atoms with Crippen molar-refractivity contribution in [2.45, 2.75) is 12.5 Å². The van der Waals surface area contributed by atoms with Gasteiger partial charge in [0.2, 0.25) is 0 Å². The maximum atomic E-state index is 13.5. The van der Waals surface area contributed by atoms with Crippen LogP contribution in [-0.4, -0.2) is 35.2 Å². The smallest absolute Gasteiger partial charge is 0.315 e. The van der Waals surface area contributed by atoms with Crippen LogP contribution < -0.4 is 0 Å². The maximum Gasteiger partial charge on any atom is 0.341 e. The Kier molecular flexibility index (Phi) is 5.08. The van der Waals surface area contributed by atoms with Gasteiger partial charge in [0.1, 0.15) is 11.6 Å². The molecule has 1 saturated heterocycles. The largest absolute Gasteiger partial charge is 0.341 e. The van der Waals surface area contributed by atoms with Crippen LogP contribution in [0.4, 0.5) is 13.6 Å². The first-order valence-electron chi connectivity index (χ1n) is 8.62. The minimum absolute atomic E-state index is 0.303. The highest BCUT2D eigenvalue weighted by atomic mass is 35.5. The minimum Gasteiger partial charge on any atom is -0.315 e. The molecule has 144 valence electrons. The number of hydrogen-bond donors (Lipinski definition) is 0. The van der Waals surface area contributed by atoms with Gasteiger partial charge in [-0.25, -0.2) is 18.6 Å². The van der Waals surface area contributed by atoms with Crippen LogP contribution in [-0.2, 0) is 0 Å². The number of hydrazone groups is 1. The van der Waals surface area contributed by atoms with E-state index in [4.69, 9.17) is 23.2 Å². The Morgan fingerprint density at radius 1 is 1.11 bits per heavy atom. The summed E-state index contributed by atoms with van der Waals surface area (Å²) in [4.78, 5) is 14.4. The van der Waals surface area contributed by atoms with E-state index in [-0.39, 0.29) is 6.03 Å². The fourth-order valence-electron chi connectivity index (χ4n) is 3.30. The molecule has 1 unspecified atom stereocenters. The predicted octanol–water partition coefficient (Wildman–Crippen LogP) is 5.52. The molecule has 1 fully saturated rings. The molecule has 4 nitrogen and oxygen atoms in total. The molecule has 28 heavy (non-hydrogen) atoms. The molecule has 0 aliphatic carbocycles. The first-order chi connectivity index (χ1) is 13.4. The van der Waals surface area contributed by atoms with E-state index in [9.17, 15) is 13.6 Å². The minimum atomic E-state index is -0.677. The summed E-state index contributed by atoms with van der Waals surface area (Å²) in [6, 6.07) is 7.68. The summed E-state index contributed by atoms with van der Waals surface area (Å²) in [5.74, 6) is -1.35. The summed E-state index contributed by atoms with van der Waals surface area (Å²) < 4.78 is 27.1. The lowest BCUT2D eigenvalue weighted by Crippen LogP contribution is -2.49. The molecule has 8 heteroatoms.